The number of hydrogen-bond acceptors (Lipinski definition) is 4. The summed E-state index contributed by atoms with van der Waals surface area (Å²) in [4.78, 5) is 31.5. The van der Waals surface area contributed by atoms with Gasteiger partial charge in [-0.3, -0.25) is 19.6 Å². The van der Waals surface area contributed by atoms with Gasteiger partial charge in [-0.05, 0) is 47.6 Å². The molecule has 0 radical (unpaired) electrons. The van der Waals surface area contributed by atoms with Crippen LogP contribution in [0.25, 0.3) is 0 Å². The standard InChI is InChI=1S/C17H25N3O2/c1-8-18-16(9-11(2)3)17(22)20-14(6)13(5)19-10-12(4)15(7)21/h8-10,14H,1H2,2-7H3,(H,20,22)/b12-10+,18-16+,19-13+. The molecule has 1 amide bonds. The molecule has 0 aromatic carbocycles. The van der Waals surface area contributed by atoms with E-state index in [-0.39, 0.29) is 17.7 Å². The summed E-state index contributed by atoms with van der Waals surface area (Å²) in [5.41, 5.74) is 2.53. The summed E-state index contributed by atoms with van der Waals surface area (Å²) in [5.74, 6) is -0.326. The summed E-state index contributed by atoms with van der Waals surface area (Å²) >= 11 is 0. The molecule has 0 aromatic heterocycles. The number of nitrogens with one attached hydrogen (secondary N) is 1. The van der Waals surface area contributed by atoms with Gasteiger partial charge in [0.05, 0.1) is 6.04 Å². The molecule has 5 nitrogen and oxygen atoms in total. The maximum absolute atomic E-state index is 12.2. The number of aliphatic imine (C=N–C) groups is 2. The maximum Gasteiger partial charge on any atom is 0.270 e. The number of nitrogens with zero attached hydrogens (tertiary/aromatic N) is 2. The van der Waals surface area contributed by atoms with Gasteiger partial charge in [-0.15, -0.1) is 0 Å². The van der Waals surface area contributed by atoms with Crippen LogP contribution in [0, 0.1) is 0 Å². The topological polar surface area (TPSA) is 70.9 Å². The Morgan fingerprint density at radius 1 is 1.09 bits per heavy atom. The second-order valence-electron chi connectivity index (χ2n) is 5.25. The van der Waals surface area contributed by atoms with E-state index in [0.29, 0.717) is 17.0 Å². The number of hydrogen-bond donors (Lipinski definition) is 1. The predicted molar refractivity (Wildman–Crippen MR) is 92.2 cm³/mol. The summed E-state index contributed by atoms with van der Waals surface area (Å²) in [6, 6.07) is -0.274. The van der Waals surface area contributed by atoms with Crippen molar-refractivity contribution in [3.05, 3.63) is 36.2 Å². The number of rotatable bonds is 7. The van der Waals surface area contributed by atoms with Gasteiger partial charge >= 0.3 is 0 Å². The Bertz CT molecular complexity index is 562. The molecular weight excluding hydrogens is 278 g/mol. The van der Waals surface area contributed by atoms with Crippen molar-refractivity contribution >= 4 is 23.1 Å². The zero-order chi connectivity index (χ0) is 17.3. The van der Waals surface area contributed by atoms with Crippen molar-refractivity contribution < 1.29 is 9.59 Å². The highest BCUT2D eigenvalue weighted by atomic mass is 16.2. The van der Waals surface area contributed by atoms with E-state index in [0.717, 1.165) is 5.57 Å². The molecule has 0 bridgehead atoms. The molecule has 0 heterocycles. The largest absolute Gasteiger partial charge is 0.343 e. The van der Waals surface area contributed by atoms with Crippen LogP contribution < -0.4 is 5.32 Å². The zero-order valence-corrected chi connectivity index (χ0v) is 14.2. The molecule has 1 atom stereocenters. The Kier molecular flexibility index (Phi) is 8.60. The molecule has 120 valence electrons. The smallest absolute Gasteiger partial charge is 0.270 e. The third-order valence-electron chi connectivity index (χ3n) is 2.88. The van der Waals surface area contributed by atoms with Crippen LogP contribution in [0.15, 0.2) is 46.2 Å². The van der Waals surface area contributed by atoms with E-state index >= 15 is 0 Å². The van der Waals surface area contributed by atoms with Gasteiger partial charge in [0, 0.05) is 23.7 Å². The zero-order valence-electron chi connectivity index (χ0n) is 14.2. The van der Waals surface area contributed by atoms with E-state index in [9.17, 15) is 9.59 Å². The summed E-state index contributed by atoms with van der Waals surface area (Å²) in [7, 11) is 0. The third-order valence-corrected chi connectivity index (χ3v) is 2.88. The number of carbonyl (C=O) groups excluding carboxylic acids is 2. The van der Waals surface area contributed by atoms with E-state index in [1.165, 1.54) is 19.3 Å². The van der Waals surface area contributed by atoms with Gasteiger partial charge in [0.2, 0.25) is 0 Å². The first-order valence-electron chi connectivity index (χ1n) is 7.05. The highest BCUT2D eigenvalue weighted by Gasteiger charge is 2.13. The van der Waals surface area contributed by atoms with E-state index in [1.807, 2.05) is 20.8 Å². The van der Waals surface area contributed by atoms with Crippen molar-refractivity contribution in [1.29, 1.82) is 0 Å². The van der Waals surface area contributed by atoms with E-state index in [2.05, 4.69) is 21.9 Å². The number of ketones is 1. The highest BCUT2D eigenvalue weighted by molar-refractivity contribution is 6.43. The molecule has 0 saturated heterocycles. The first kappa shape index (κ1) is 19.7. The lowest BCUT2D eigenvalue weighted by molar-refractivity contribution is -0.115. The number of allylic oxidation sites excluding steroid dienone is 2. The van der Waals surface area contributed by atoms with Gasteiger partial charge in [0.25, 0.3) is 5.91 Å². The Morgan fingerprint density at radius 2 is 1.68 bits per heavy atom. The van der Waals surface area contributed by atoms with E-state index < -0.39 is 0 Å². The fraction of sp³-hybridized carbons (Fsp3) is 0.412. The summed E-state index contributed by atoms with van der Waals surface area (Å²) < 4.78 is 0. The molecule has 1 unspecified atom stereocenters. The maximum atomic E-state index is 12.2. The first-order chi connectivity index (χ1) is 10.2. The average Bonchev–Trinajstić information content (AvgIpc) is 2.42. The van der Waals surface area contributed by atoms with Gasteiger partial charge < -0.3 is 5.32 Å². The monoisotopic (exact) mass is 303 g/mol. The van der Waals surface area contributed by atoms with Gasteiger partial charge in [-0.2, -0.15) is 0 Å². The lowest BCUT2D eigenvalue weighted by atomic mass is 10.2. The fourth-order valence-electron chi connectivity index (χ4n) is 1.31. The quantitative estimate of drug-likeness (QED) is 0.580. The second kappa shape index (κ2) is 9.60. The molecule has 5 heteroatoms. The minimum atomic E-state index is -0.296. The van der Waals surface area contributed by atoms with Crippen LogP contribution in [0.4, 0.5) is 0 Å². The molecule has 0 fully saturated rings. The van der Waals surface area contributed by atoms with Gasteiger partial charge in [0.15, 0.2) is 5.78 Å². The number of carbonyl (C=O) groups is 2. The van der Waals surface area contributed by atoms with Crippen LogP contribution >= 0.6 is 0 Å². The van der Waals surface area contributed by atoms with Crippen molar-refractivity contribution in [2.45, 2.75) is 47.6 Å². The Morgan fingerprint density at radius 3 is 2.14 bits per heavy atom. The van der Waals surface area contributed by atoms with E-state index in [4.69, 9.17) is 0 Å². The Hall–Kier alpha value is -2.30. The summed E-state index contributed by atoms with van der Waals surface area (Å²) in [6.45, 7) is 14.1. The van der Waals surface area contributed by atoms with Crippen molar-refractivity contribution in [2.75, 3.05) is 0 Å². The molecule has 0 aliphatic rings. The summed E-state index contributed by atoms with van der Waals surface area (Å²) in [6.07, 6.45) is 4.53. The first-order valence-corrected chi connectivity index (χ1v) is 7.05. The SMILES string of the molecule is C=C/N=C(\C=C(C)C)C(=O)NC(C)/C(C)=N/C=C(\C)C(C)=O. The molecule has 0 saturated carbocycles. The molecule has 0 spiro atoms. The van der Waals surface area contributed by atoms with Crippen molar-refractivity contribution in [3.63, 3.8) is 0 Å². The lowest BCUT2D eigenvalue weighted by Crippen LogP contribution is -2.40. The van der Waals surface area contributed by atoms with Crippen LogP contribution in [0.3, 0.4) is 0 Å². The van der Waals surface area contributed by atoms with Gasteiger partial charge in [0.1, 0.15) is 5.71 Å². The molecular formula is C17H25N3O2. The van der Waals surface area contributed by atoms with Crippen molar-refractivity contribution in [1.82, 2.24) is 5.32 Å². The van der Waals surface area contributed by atoms with Crippen molar-refractivity contribution in [3.8, 4) is 0 Å². The van der Waals surface area contributed by atoms with Crippen LogP contribution in [0.1, 0.15) is 41.5 Å². The van der Waals surface area contributed by atoms with Crippen LogP contribution in [0.5, 0.6) is 0 Å². The Balaban J connectivity index is 5.04. The van der Waals surface area contributed by atoms with Gasteiger partial charge in [-0.1, -0.05) is 12.2 Å². The van der Waals surface area contributed by atoms with Crippen LogP contribution in [-0.4, -0.2) is 29.2 Å². The van der Waals surface area contributed by atoms with Crippen LogP contribution in [-0.2, 0) is 9.59 Å². The van der Waals surface area contributed by atoms with Crippen molar-refractivity contribution in [2.24, 2.45) is 9.98 Å². The minimum absolute atomic E-state index is 0.0304. The van der Waals surface area contributed by atoms with Crippen LogP contribution in [0.2, 0.25) is 0 Å². The highest BCUT2D eigenvalue weighted by Crippen LogP contribution is 1.98. The molecule has 0 aliphatic heterocycles. The number of Topliss-reactive ketones (excluding diaryl/α,β-unsaturated/α-hetero) is 1. The van der Waals surface area contributed by atoms with E-state index in [1.54, 1.807) is 19.9 Å². The molecule has 1 N–H and O–H groups in total. The predicted octanol–water partition coefficient (Wildman–Crippen LogP) is 3.00. The second-order valence-corrected chi connectivity index (χ2v) is 5.25. The lowest BCUT2D eigenvalue weighted by Gasteiger charge is -2.13. The molecule has 0 aromatic rings. The molecule has 22 heavy (non-hydrogen) atoms. The average molecular weight is 303 g/mol. The normalized spacial score (nSPS) is 14.2. The molecule has 0 aliphatic carbocycles. The number of amides is 1. The summed E-state index contributed by atoms with van der Waals surface area (Å²) in [5, 5.41) is 2.82. The minimum Gasteiger partial charge on any atom is -0.343 e. The Labute approximate surface area is 132 Å². The molecule has 0 rings (SSSR count). The fourth-order valence-corrected chi connectivity index (χ4v) is 1.31. The third kappa shape index (κ3) is 7.47. The van der Waals surface area contributed by atoms with Gasteiger partial charge in [-0.25, -0.2) is 0 Å².